The molecule has 3 rings (SSSR count). The first kappa shape index (κ1) is 19.0. The van der Waals surface area contributed by atoms with Gasteiger partial charge in [0.2, 0.25) is 0 Å². The fourth-order valence-electron chi connectivity index (χ4n) is 3.42. The Morgan fingerprint density at radius 3 is 2.31 bits per heavy atom. The van der Waals surface area contributed by atoms with Crippen molar-refractivity contribution in [3.05, 3.63) is 58.9 Å². The monoisotopic (exact) mass is 381 g/mol. The van der Waals surface area contributed by atoms with Gasteiger partial charge in [-0.2, -0.15) is 5.26 Å². The molecule has 0 aromatic heterocycles. The van der Waals surface area contributed by atoms with Crippen molar-refractivity contribution in [1.82, 2.24) is 0 Å². The van der Waals surface area contributed by atoms with E-state index in [1.807, 2.05) is 5.40 Å². The summed E-state index contributed by atoms with van der Waals surface area (Å²) in [5.74, 6) is 7.25. The van der Waals surface area contributed by atoms with Crippen molar-refractivity contribution in [2.45, 2.75) is 43.4 Å². The van der Waals surface area contributed by atoms with Crippen LogP contribution < -0.4 is 5.30 Å². The van der Waals surface area contributed by atoms with Gasteiger partial charge in [-0.1, -0.05) is 43.7 Å². The minimum Gasteiger partial charge on any atom is -0.206 e. The van der Waals surface area contributed by atoms with Crippen LogP contribution in [0.15, 0.2) is 41.3 Å². The molecule has 2 aromatic carbocycles. The summed E-state index contributed by atoms with van der Waals surface area (Å²) >= 11 is 0.828. The van der Waals surface area contributed by atoms with Crippen molar-refractivity contribution in [3.8, 4) is 17.2 Å². The smallest absolute Gasteiger partial charge is 0.139 e. The second kappa shape index (κ2) is 8.73. The van der Waals surface area contributed by atoms with E-state index in [1.54, 1.807) is 6.07 Å². The van der Waals surface area contributed by atoms with Crippen LogP contribution in [0.3, 0.4) is 0 Å². The maximum atomic E-state index is 14.1. The van der Waals surface area contributed by atoms with Crippen LogP contribution in [0, 0.1) is 34.2 Å². The minimum atomic E-state index is -0.407. The van der Waals surface area contributed by atoms with E-state index in [2.05, 4.69) is 52.3 Å². The van der Waals surface area contributed by atoms with Crippen LogP contribution in [0.1, 0.15) is 55.2 Å². The predicted octanol–water partition coefficient (Wildman–Crippen LogP) is 5.59. The van der Waals surface area contributed by atoms with Crippen molar-refractivity contribution in [2.75, 3.05) is 0 Å². The average molecular weight is 381 g/mol. The van der Waals surface area contributed by atoms with Crippen molar-refractivity contribution >= 4 is 26.3 Å². The zero-order valence-corrected chi connectivity index (χ0v) is 16.7. The van der Waals surface area contributed by atoms with E-state index < -0.39 is 5.82 Å². The molecule has 132 valence electrons. The summed E-state index contributed by atoms with van der Waals surface area (Å²) in [5, 5.41) is 11.3. The van der Waals surface area contributed by atoms with Gasteiger partial charge in [-0.15, -0.1) is 9.24 Å². The lowest BCUT2D eigenvalue weighted by atomic mass is 9.79. The number of halogens is 1. The summed E-state index contributed by atoms with van der Waals surface area (Å²) in [5.41, 5.74) is 2.94. The first-order chi connectivity index (χ1) is 12.6. The molecule has 1 atom stereocenters. The third-order valence-electron chi connectivity index (χ3n) is 4.97. The zero-order valence-electron chi connectivity index (χ0n) is 14.8. The van der Waals surface area contributed by atoms with E-state index in [1.165, 1.54) is 37.3 Å². The van der Waals surface area contributed by atoms with Gasteiger partial charge < -0.3 is 0 Å². The highest BCUT2D eigenvalue weighted by Crippen LogP contribution is 2.35. The first-order valence-corrected chi connectivity index (χ1v) is 10.2. The van der Waals surface area contributed by atoms with E-state index in [9.17, 15) is 4.39 Å². The molecule has 1 unspecified atom stereocenters. The molecule has 0 radical (unpaired) electrons. The number of hydrogen-bond acceptors (Lipinski definition) is 2. The molecule has 1 nitrogen and oxygen atoms in total. The fraction of sp³-hybridized carbons (Fsp3) is 0.318. The number of thiocyanates is 1. The molecule has 0 N–H and O–H groups in total. The molecule has 0 amide bonds. The highest BCUT2D eigenvalue weighted by atomic mass is 32.2. The molecule has 2 aromatic rings. The molecule has 4 heteroatoms. The third-order valence-corrected chi connectivity index (χ3v) is 6.36. The SMILES string of the molecule is CC1CCC(c2ccc(C#Cc3cc(F)c(SC#N)c(P)c3)cc2)CC1. The topological polar surface area (TPSA) is 23.8 Å². The van der Waals surface area contributed by atoms with Crippen molar-refractivity contribution in [3.63, 3.8) is 0 Å². The lowest BCUT2D eigenvalue weighted by molar-refractivity contribution is 0.348. The molecular formula is C22H21FNPS. The largest absolute Gasteiger partial charge is 0.206 e. The highest BCUT2D eigenvalue weighted by Gasteiger charge is 2.19. The summed E-state index contributed by atoms with van der Waals surface area (Å²) in [4.78, 5) is 0.342. The number of thioether (sulfide) groups is 1. The summed E-state index contributed by atoms with van der Waals surface area (Å²) < 4.78 is 14.1. The number of hydrogen-bond donors (Lipinski definition) is 0. The van der Waals surface area contributed by atoms with Gasteiger partial charge in [0.25, 0.3) is 0 Å². The fourth-order valence-corrected chi connectivity index (χ4v) is 4.34. The number of benzene rings is 2. The summed E-state index contributed by atoms with van der Waals surface area (Å²) in [7, 11) is 2.47. The normalized spacial score (nSPS) is 19.3. The number of rotatable bonds is 2. The molecule has 1 saturated carbocycles. The van der Waals surface area contributed by atoms with Crippen LogP contribution >= 0.6 is 21.0 Å². The van der Waals surface area contributed by atoms with Crippen LogP contribution in [0.5, 0.6) is 0 Å². The summed E-state index contributed by atoms with van der Waals surface area (Å²) in [6.07, 6.45) is 5.18. The Balaban J connectivity index is 1.73. The minimum absolute atomic E-state index is 0.342. The Bertz CT molecular complexity index is 858. The Kier molecular flexibility index (Phi) is 6.37. The Labute approximate surface area is 161 Å². The van der Waals surface area contributed by atoms with Gasteiger partial charge in [-0.05, 0) is 71.6 Å². The maximum Gasteiger partial charge on any atom is 0.139 e. The van der Waals surface area contributed by atoms with Gasteiger partial charge in [0, 0.05) is 11.1 Å². The maximum absolute atomic E-state index is 14.1. The molecule has 1 aliphatic carbocycles. The lowest BCUT2D eigenvalue weighted by Gasteiger charge is -2.26. The van der Waals surface area contributed by atoms with E-state index in [0.717, 1.165) is 23.2 Å². The van der Waals surface area contributed by atoms with Gasteiger partial charge in [-0.25, -0.2) is 4.39 Å². The third kappa shape index (κ3) is 4.67. The summed E-state index contributed by atoms with van der Waals surface area (Å²) in [6, 6.07) is 11.6. The quantitative estimate of drug-likeness (QED) is 0.293. The van der Waals surface area contributed by atoms with E-state index in [0.29, 0.717) is 21.7 Å². The van der Waals surface area contributed by atoms with Crippen LogP contribution in [0.25, 0.3) is 0 Å². The molecule has 0 saturated heterocycles. The Morgan fingerprint density at radius 1 is 1.04 bits per heavy atom. The predicted molar refractivity (Wildman–Crippen MR) is 110 cm³/mol. The standard InChI is InChI=1S/C22H21FNPS/c1-15-2-8-18(9-3-15)19-10-6-16(7-11-19)4-5-17-12-20(23)22(26-14-24)21(25)13-17/h6-7,10-13,15,18H,2-3,8-9,25H2,1H3. The van der Waals surface area contributed by atoms with Crippen LogP contribution in [0.2, 0.25) is 0 Å². The lowest BCUT2D eigenvalue weighted by Crippen LogP contribution is -2.10. The Hall–Kier alpha value is -1.80. The molecule has 1 aliphatic rings. The van der Waals surface area contributed by atoms with Crippen molar-refractivity contribution in [2.24, 2.45) is 5.92 Å². The average Bonchev–Trinajstić information content (AvgIpc) is 2.64. The number of nitriles is 1. The molecule has 0 bridgehead atoms. The molecule has 1 fully saturated rings. The molecular weight excluding hydrogens is 360 g/mol. The van der Waals surface area contributed by atoms with E-state index >= 15 is 0 Å². The van der Waals surface area contributed by atoms with Crippen molar-refractivity contribution < 1.29 is 4.39 Å². The molecule has 26 heavy (non-hydrogen) atoms. The van der Waals surface area contributed by atoms with E-state index in [-0.39, 0.29) is 0 Å². The van der Waals surface area contributed by atoms with Crippen LogP contribution in [-0.4, -0.2) is 0 Å². The molecule has 0 heterocycles. The van der Waals surface area contributed by atoms with Crippen LogP contribution in [-0.2, 0) is 0 Å². The van der Waals surface area contributed by atoms with Gasteiger partial charge >= 0.3 is 0 Å². The molecule has 0 spiro atoms. The zero-order chi connectivity index (χ0) is 18.5. The summed E-state index contributed by atoms with van der Waals surface area (Å²) in [6.45, 7) is 2.34. The second-order valence-corrected chi connectivity index (χ2v) is 8.32. The Morgan fingerprint density at radius 2 is 1.69 bits per heavy atom. The van der Waals surface area contributed by atoms with Gasteiger partial charge in [-0.3, -0.25) is 0 Å². The van der Waals surface area contributed by atoms with E-state index in [4.69, 9.17) is 5.26 Å². The van der Waals surface area contributed by atoms with Gasteiger partial charge in [0.05, 0.1) is 4.90 Å². The number of nitrogens with zero attached hydrogens (tertiary/aromatic N) is 1. The van der Waals surface area contributed by atoms with Crippen molar-refractivity contribution in [1.29, 1.82) is 5.26 Å². The van der Waals surface area contributed by atoms with Gasteiger partial charge in [0.15, 0.2) is 0 Å². The van der Waals surface area contributed by atoms with Gasteiger partial charge in [0.1, 0.15) is 11.2 Å². The molecule has 0 aliphatic heterocycles. The van der Waals surface area contributed by atoms with Crippen LogP contribution in [0.4, 0.5) is 4.39 Å². The first-order valence-electron chi connectivity index (χ1n) is 8.83. The second-order valence-electron chi connectivity index (χ2n) is 6.90. The highest BCUT2D eigenvalue weighted by molar-refractivity contribution is 8.04.